The van der Waals surface area contributed by atoms with E-state index in [1.807, 2.05) is 0 Å². The van der Waals surface area contributed by atoms with Gasteiger partial charge in [-0.25, -0.2) is 21.9 Å². The number of nitrogens with one attached hydrogen (secondary N) is 1. The molecule has 1 aromatic heterocycles. The Morgan fingerprint density at radius 3 is 2.57 bits per heavy atom. The van der Waals surface area contributed by atoms with Crippen molar-refractivity contribution in [1.29, 1.82) is 0 Å². The van der Waals surface area contributed by atoms with Crippen molar-refractivity contribution in [3.05, 3.63) is 65.6 Å². The van der Waals surface area contributed by atoms with Crippen LogP contribution in [0.2, 0.25) is 0 Å². The van der Waals surface area contributed by atoms with Crippen molar-refractivity contribution < 1.29 is 21.7 Å². The van der Waals surface area contributed by atoms with Gasteiger partial charge >= 0.3 is 0 Å². The minimum atomic E-state index is -3.62. The summed E-state index contributed by atoms with van der Waals surface area (Å²) in [6.07, 6.45) is 2.06. The zero-order chi connectivity index (χ0) is 19.9. The minimum Gasteiger partial charge on any atom is -0.338 e. The third kappa shape index (κ3) is 3.00. The largest absolute Gasteiger partial charge is 0.338 e. The number of rotatable bonds is 5. The Morgan fingerprint density at radius 1 is 1.14 bits per heavy atom. The Hall–Kier alpha value is -2.65. The molecule has 1 N–H and O–H groups in total. The molecular weight excluding hydrogens is 388 g/mol. The molecule has 0 spiro atoms. The van der Waals surface area contributed by atoms with Crippen LogP contribution in [-0.4, -0.2) is 25.6 Å². The molecule has 0 unspecified atom stereocenters. The fourth-order valence-electron chi connectivity index (χ4n) is 3.46. The summed E-state index contributed by atoms with van der Waals surface area (Å²) < 4.78 is 59.4. The molecule has 3 aromatic rings. The molecule has 9 heteroatoms. The zero-order valence-electron chi connectivity index (χ0n) is 14.9. The average molecular weight is 405 g/mol. The van der Waals surface area contributed by atoms with E-state index in [0.717, 1.165) is 12.5 Å². The Labute approximate surface area is 160 Å². The number of sulfonamides is 1. The number of hydrogen-bond acceptors (Lipinski definition) is 5. The first kappa shape index (κ1) is 18.7. The molecule has 0 atom stereocenters. The molecule has 1 aliphatic rings. The Balaban J connectivity index is 1.74. The van der Waals surface area contributed by atoms with Gasteiger partial charge in [0.2, 0.25) is 21.7 Å². The third-order valence-corrected chi connectivity index (χ3v) is 6.57. The van der Waals surface area contributed by atoms with Gasteiger partial charge in [0, 0.05) is 17.2 Å². The van der Waals surface area contributed by atoms with Crippen molar-refractivity contribution >= 4 is 10.0 Å². The molecule has 0 amide bonds. The van der Waals surface area contributed by atoms with Gasteiger partial charge in [0.15, 0.2) is 0 Å². The van der Waals surface area contributed by atoms with Crippen LogP contribution < -0.4 is 4.72 Å². The summed E-state index contributed by atoms with van der Waals surface area (Å²) in [4.78, 5) is 4.48. The van der Waals surface area contributed by atoms with E-state index in [0.29, 0.717) is 24.0 Å². The molecule has 1 fully saturated rings. The van der Waals surface area contributed by atoms with Gasteiger partial charge in [-0.1, -0.05) is 29.8 Å². The second kappa shape index (κ2) is 6.75. The maximum atomic E-state index is 14.4. The number of aromatic nitrogens is 2. The summed E-state index contributed by atoms with van der Waals surface area (Å²) in [5.74, 6) is -0.857. The molecule has 2 aromatic carbocycles. The van der Waals surface area contributed by atoms with Crippen molar-refractivity contribution in [3.63, 3.8) is 0 Å². The van der Waals surface area contributed by atoms with E-state index in [1.54, 1.807) is 12.1 Å². The number of nitrogens with zero attached hydrogens (tertiary/aromatic N) is 2. The molecule has 6 nitrogen and oxygen atoms in total. The molecule has 0 radical (unpaired) electrons. The second-order valence-electron chi connectivity index (χ2n) is 6.72. The first-order valence-electron chi connectivity index (χ1n) is 8.69. The normalized spacial score (nSPS) is 16.0. The molecule has 1 heterocycles. The Kier molecular flexibility index (Phi) is 4.51. The van der Waals surface area contributed by atoms with E-state index < -0.39 is 27.1 Å². The van der Waals surface area contributed by atoms with E-state index >= 15 is 0 Å². The van der Waals surface area contributed by atoms with Crippen molar-refractivity contribution in [2.45, 2.75) is 29.6 Å². The first-order valence-corrected chi connectivity index (χ1v) is 10.2. The molecule has 1 aliphatic carbocycles. The van der Waals surface area contributed by atoms with Gasteiger partial charge in [-0.15, -0.1) is 0 Å². The van der Waals surface area contributed by atoms with E-state index in [2.05, 4.69) is 14.9 Å². The van der Waals surface area contributed by atoms with Crippen LogP contribution in [0.25, 0.3) is 11.4 Å². The van der Waals surface area contributed by atoms with Gasteiger partial charge < -0.3 is 4.52 Å². The molecule has 4 rings (SSSR count). The van der Waals surface area contributed by atoms with Crippen molar-refractivity contribution in [1.82, 2.24) is 14.9 Å². The fraction of sp³-hybridized carbons (Fsp3) is 0.263. The van der Waals surface area contributed by atoms with E-state index in [-0.39, 0.29) is 16.6 Å². The Bertz CT molecular complexity index is 1140. The highest BCUT2D eigenvalue weighted by Gasteiger charge is 2.47. The predicted octanol–water partition coefficient (Wildman–Crippen LogP) is 3.39. The highest BCUT2D eigenvalue weighted by molar-refractivity contribution is 7.89. The number of hydrogen-bond donors (Lipinski definition) is 1. The maximum absolute atomic E-state index is 14.4. The van der Waals surface area contributed by atoms with Crippen molar-refractivity contribution in [3.8, 4) is 11.4 Å². The fourth-order valence-corrected chi connectivity index (χ4v) is 4.24. The van der Waals surface area contributed by atoms with Crippen LogP contribution in [0.15, 0.2) is 51.9 Å². The van der Waals surface area contributed by atoms with Crippen LogP contribution in [0.5, 0.6) is 0 Å². The van der Waals surface area contributed by atoms with Crippen LogP contribution in [0.3, 0.4) is 0 Å². The lowest BCUT2D eigenvalue weighted by Crippen LogP contribution is -2.36. The summed E-state index contributed by atoms with van der Waals surface area (Å²) in [6.45, 7) is 0. The molecule has 0 bridgehead atoms. The number of halogens is 2. The molecule has 0 saturated heterocycles. The monoisotopic (exact) mass is 405 g/mol. The lowest BCUT2D eigenvalue weighted by Gasteiger charge is -2.38. The summed E-state index contributed by atoms with van der Waals surface area (Å²) in [7, 11) is -2.29. The van der Waals surface area contributed by atoms with Crippen LogP contribution in [-0.2, 0) is 15.4 Å². The van der Waals surface area contributed by atoms with E-state index in [9.17, 15) is 17.2 Å². The minimum absolute atomic E-state index is 0.0711. The highest BCUT2D eigenvalue weighted by Crippen LogP contribution is 2.49. The highest BCUT2D eigenvalue weighted by atomic mass is 32.2. The standard InChI is InChI=1S/C19H17F2N3O3S/c1-22-28(25,26)14-5-2-4-12(10-14)17-23-18(27-24-17)19(8-3-9-19)15-7-6-13(20)11-16(15)21/h2,4-7,10-11,22H,3,8-9H2,1H3. The third-order valence-electron chi connectivity index (χ3n) is 5.16. The molecule has 146 valence electrons. The average Bonchev–Trinajstić information content (AvgIpc) is 3.13. The summed E-state index contributed by atoms with van der Waals surface area (Å²) in [5.41, 5.74) is -0.0141. The van der Waals surface area contributed by atoms with Gasteiger partial charge in [0.05, 0.1) is 10.3 Å². The van der Waals surface area contributed by atoms with Gasteiger partial charge in [-0.2, -0.15) is 4.98 Å². The van der Waals surface area contributed by atoms with E-state index in [1.165, 1.54) is 31.3 Å². The quantitative estimate of drug-likeness (QED) is 0.703. The lowest BCUT2D eigenvalue weighted by molar-refractivity contribution is 0.211. The van der Waals surface area contributed by atoms with Crippen molar-refractivity contribution in [2.24, 2.45) is 0 Å². The molecule has 0 aliphatic heterocycles. The van der Waals surface area contributed by atoms with Crippen LogP contribution in [0.4, 0.5) is 8.78 Å². The van der Waals surface area contributed by atoms with Crippen LogP contribution >= 0.6 is 0 Å². The Morgan fingerprint density at radius 2 is 1.93 bits per heavy atom. The molecule has 1 saturated carbocycles. The molecule has 28 heavy (non-hydrogen) atoms. The van der Waals surface area contributed by atoms with Gasteiger partial charge in [-0.3, -0.25) is 0 Å². The SMILES string of the molecule is CNS(=O)(=O)c1cccc(-c2noc(C3(c4ccc(F)cc4F)CCC3)n2)c1. The van der Waals surface area contributed by atoms with Crippen LogP contribution in [0, 0.1) is 11.6 Å². The zero-order valence-corrected chi connectivity index (χ0v) is 15.8. The summed E-state index contributed by atoms with van der Waals surface area (Å²) >= 11 is 0. The van der Waals surface area contributed by atoms with Crippen molar-refractivity contribution in [2.75, 3.05) is 7.05 Å². The topological polar surface area (TPSA) is 85.1 Å². The van der Waals surface area contributed by atoms with Gasteiger partial charge in [0.1, 0.15) is 11.6 Å². The second-order valence-corrected chi connectivity index (χ2v) is 8.60. The summed E-state index contributed by atoms with van der Waals surface area (Å²) in [5, 5.41) is 3.96. The lowest BCUT2D eigenvalue weighted by atomic mass is 9.64. The molecular formula is C19H17F2N3O3S. The first-order chi connectivity index (χ1) is 13.4. The van der Waals surface area contributed by atoms with Gasteiger partial charge in [0.25, 0.3) is 0 Å². The van der Waals surface area contributed by atoms with E-state index in [4.69, 9.17) is 4.52 Å². The smallest absolute Gasteiger partial charge is 0.240 e. The van der Waals surface area contributed by atoms with Crippen LogP contribution in [0.1, 0.15) is 30.7 Å². The predicted molar refractivity (Wildman–Crippen MR) is 97.0 cm³/mol. The van der Waals surface area contributed by atoms with Gasteiger partial charge in [-0.05, 0) is 38.1 Å². The summed E-state index contributed by atoms with van der Waals surface area (Å²) in [6, 6.07) is 9.60. The number of benzene rings is 2. The maximum Gasteiger partial charge on any atom is 0.240 e.